The molecule has 0 saturated carbocycles. The molecule has 0 aliphatic heterocycles. The van der Waals surface area contributed by atoms with Crippen molar-refractivity contribution in [1.29, 1.82) is 0 Å². The molecule has 6 heteroatoms. The second-order valence-electron chi connectivity index (χ2n) is 20.7. The molecule has 5 N–H and O–H groups in total. The fourth-order valence-electron chi connectivity index (χ4n) is 9.46. The molecule has 66 heavy (non-hydrogen) atoms. The van der Waals surface area contributed by atoms with Crippen molar-refractivity contribution in [3.63, 3.8) is 0 Å². The third-order valence-corrected chi connectivity index (χ3v) is 14.1. The number of carbonyl (C=O) groups excluding carboxylic acids is 1. The van der Waals surface area contributed by atoms with E-state index in [1.165, 1.54) is 257 Å². The highest BCUT2D eigenvalue weighted by Crippen LogP contribution is 2.18. The van der Waals surface area contributed by atoms with E-state index in [0.29, 0.717) is 12.8 Å². The number of aliphatic hydroxyl groups is 4. The highest BCUT2D eigenvalue weighted by Gasteiger charge is 2.28. The summed E-state index contributed by atoms with van der Waals surface area (Å²) in [4.78, 5) is 12.6. The Balaban J connectivity index is 3.53. The first-order valence-electron chi connectivity index (χ1n) is 29.7. The first kappa shape index (κ1) is 64.8. The molecule has 0 aliphatic carbocycles. The first-order valence-corrected chi connectivity index (χ1v) is 29.7. The molecule has 0 aromatic carbocycles. The van der Waals surface area contributed by atoms with Crippen LogP contribution in [0.1, 0.15) is 322 Å². The van der Waals surface area contributed by atoms with E-state index < -0.39 is 36.9 Å². The van der Waals surface area contributed by atoms with Crippen molar-refractivity contribution in [2.24, 2.45) is 0 Å². The van der Waals surface area contributed by atoms with Gasteiger partial charge < -0.3 is 25.7 Å². The molecular formula is C60H117NO5. The molecule has 0 rings (SSSR count). The summed E-state index contributed by atoms with van der Waals surface area (Å²) in [6.07, 6.45) is 67.1. The first-order chi connectivity index (χ1) is 32.5. The van der Waals surface area contributed by atoms with E-state index in [4.69, 9.17) is 0 Å². The van der Waals surface area contributed by atoms with Gasteiger partial charge in [-0.15, -0.1) is 0 Å². The van der Waals surface area contributed by atoms with Crippen LogP contribution in [-0.4, -0.2) is 57.3 Å². The molecule has 0 radical (unpaired) electrons. The average Bonchev–Trinajstić information content (AvgIpc) is 3.32. The summed E-state index contributed by atoms with van der Waals surface area (Å²) in [6, 6.07) is -1.000. The molecule has 6 nitrogen and oxygen atoms in total. The Bertz CT molecular complexity index is 1000. The van der Waals surface area contributed by atoms with Crippen LogP contribution in [0, 0.1) is 0 Å². The third-order valence-electron chi connectivity index (χ3n) is 14.1. The van der Waals surface area contributed by atoms with E-state index in [-0.39, 0.29) is 0 Å². The van der Waals surface area contributed by atoms with Crippen molar-refractivity contribution >= 4 is 5.91 Å². The minimum atomic E-state index is -1.28. The predicted molar refractivity (Wildman–Crippen MR) is 288 cm³/mol. The lowest BCUT2D eigenvalue weighted by Crippen LogP contribution is -2.53. The van der Waals surface area contributed by atoms with Crippen molar-refractivity contribution in [1.82, 2.24) is 5.32 Å². The molecule has 1 amide bonds. The number of nitrogens with one attached hydrogen (secondary N) is 1. The summed E-state index contributed by atoms with van der Waals surface area (Å²) in [5.74, 6) is -0.589. The summed E-state index contributed by atoms with van der Waals surface area (Å²) in [5.41, 5.74) is 0. The number of amides is 1. The fourth-order valence-corrected chi connectivity index (χ4v) is 9.46. The van der Waals surface area contributed by atoms with Crippen molar-refractivity contribution in [3.05, 3.63) is 24.3 Å². The monoisotopic (exact) mass is 932 g/mol. The Morgan fingerprint density at radius 2 is 0.621 bits per heavy atom. The van der Waals surface area contributed by atoms with Crippen molar-refractivity contribution in [2.75, 3.05) is 6.61 Å². The van der Waals surface area contributed by atoms with E-state index in [9.17, 15) is 25.2 Å². The lowest BCUT2D eigenvalue weighted by molar-refractivity contribution is -0.132. The van der Waals surface area contributed by atoms with Gasteiger partial charge in [0, 0.05) is 0 Å². The van der Waals surface area contributed by atoms with E-state index in [0.717, 1.165) is 38.5 Å². The number of rotatable bonds is 55. The van der Waals surface area contributed by atoms with Crippen LogP contribution in [0.3, 0.4) is 0 Å². The zero-order chi connectivity index (χ0) is 48.1. The highest BCUT2D eigenvalue weighted by atomic mass is 16.3. The van der Waals surface area contributed by atoms with Crippen LogP contribution < -0.4 is 5.32 Å². The van der Waals surface area contributed by atoms with Gasteiger partial charge in [-0.2, -0.15) is 0 Å². The Kier molecular flexibility index (Phi) is 53.7. The highest BCUT2D eigenvalue weighted by molar-refractivity contribution is 5.80. The zero-order valence-electron chi connectivity index (χ0n) is 44.5. The molecule has 0 spiro atoms. The van der Waals surface area contributed by atoms with Gasteiger partial charge in [0.05, 0.1) is 18.8 Å². The number of unbranched alkanes of at least 4 members (excludes halogenated alkanes) is 42. The topological polar surface area (TPSA) is 110 Å². The Morgan fingerprint density at radius 3 is 0.909 bits per heavy atom. The molecule has 0 bridgehead atoms. The largest absolute Gasteiger partial charge is 0.394 e. The van der Waals surface area contributed by atoms with Crippen LogP contribution in [-0.2, 0) is 4.79 Å². The lowest BCUT2D eigenvalue weighted by Gasteiger charge is -2.27. The van der Waals surface area contributed by atoms with Crippen molar-refractivity contribution in [3.8, 4) is 0 Å². The van der Waals surface area contributed by atoms with E-state index in [2.05, 4.69) is 43.5 Å². The van der Waals surface area contributed by atoms with Crippen molar-refractivity contribution in [2.45, 2.75) is 346 Å². The maximum atomic E-state index is 12.6. The minimum Gasteiger partial charge on any atom is -0.394 e. The van der Waals surface area contributed by atoms with Gasteiger partial charge in [0.25, 0.3) is 0 Å². The molecule has 0 aromatic heterocycles. The summed E-state index contributed by atoms with van der Waals surface area (Å²) in [7, 11) is 0. The zero-order valence-corrected chi connectivity index (χ0v) is 44.5. The molecule has 0 aliphatic rings. The smallest absolute Gasteiger partial charge is 0.249 e. The van der Waals surface area contributed by atoms with Gasteiger partial charge in [-0.05, 0) is 64.2 Å². The number of aliphatic hydroxyl groups excluding tert-OH is 4. The average molecular weight is 933 g/mol. The van der Waals surface area contributed by atoms with Gasteiger partial charge in [-0.3, -0.25) is 4.79 Å². The third kappa shape index (κ3) is 47.8. The molecule has 4 unspecified atom stereocenters. The summed E-state index contributed by atoms with van der Waals surface area (Å²) >= 11 is 0. The normalized spacial score (nSPS) is 13.8. The van der Waals surface area contributed by atoms with Gasteiger partial charge in [0.1, 0.15) is 12.2 Å². The number of hydrogen-bond acceptors (Lipinski definition) is 5. The van der Waals surface area contributed by atoms with Crippen LogP contribution in [0.2, 0.25) is 0 Å². The van der Waals surface area contributed by atoms with Gasteiger partial charge in [0.15, 0.2) is 0 Å². The van der Waals surface area contributed by atoms with E-state index in [1.807, 2.05) is 0 Å². The van der Waals surface area contributed by atoms with Gasteiger partial charge in [-0.25, -0.2) is 0 Å². The van der Waals surface area contributed by atoms with Crippen LogP contribution in [0.5, 0.6) is 0 Å². The van der Waals surface area contributed by atoms with Crippen LogP contribution in [0.4, 0.5) is 0 Å². The SMILES string of the molecule is CCCCCCCCCCC/C=C/CCCC(O)C(O)C(CO)NC(=O)C(O)CCCCCCCCCCCCCCCCCC/C=C\CCCCCCCCCCCCCCCCCC. The second-order valence-corrected chi connectivity index (χ2v) is 20.7. The Labute approximate surface area is 412 Å². The Morgan fingerprint density at radius 1 is 0.364 bits per heavy atom. The second kappa shape index (κ2) is 54.7. The van der Waals surface area contributed by atoms with Crippen LogP contribution in [0.25, 0.3) is 0 Å². The lowest BCUT2D eigenvalue weighted by atomic mass is 10.00. The van der Waals surface area contributed by atoms with Gasteiger partial charge in [-0.1, -0.05) is 282 Å². The molecule has 392 valence electrons. The fraction of sp³-hybridized carbons (Fsp3) is 0.917. The summed E-state index contributed by atoms with van der Waals surface area (Å²) in [6.45, 7) is 4.06. The summed E-state index contributed by atoms with van der Waals surface area (Å²) in [5, 5.41) is 43.9. The molecule has 0 saturated heterocycles. The van der Waals surface area contributed by atoms with Crippen LogP contribution >= 0.6 is 0 Å². The predicted octanol–water partition coefficient (Wildman–Crippen LogP) is 17.4. The standard InChI is InChI=1S/C60H117NO5/c1-3-5-7-9-11-13-15-17-19-20-21-22-23-24-25-26-27-28-29-30-31-32-33-34-35-36-37-38-39-40-42-44-46-48-50-52-54-58(64)60(66)61-56(55-62)59(65)57(63)53-51-49-47-45-43-41-18-16-14-12-10-8-6-4-2/h28-29,45,47,56-59,62-65H,3-27,30-44,46,48-55H2,1-2H3,(H,61,66)/b29-28-,47-45+. The van der Waals surface area contributed by atoms with Crippen molar-refractivity contribution < 1.29 is 25.2 Å². The van der Waals surface area contributed by atoms with Crippen LogP contribution in [0.15, 0.2) is 24.3 Å². The summed E-state index contributed by atoms with van der Waals surface area (Å²) < 4.78 is 0. The quantitative estimate of drug-likeness (QED) is 0.0308. The number of carbonyl (C=O) groups is 1. The number of hydrogen-bond donors (Lipinski definition) is 5. The molecular weight excluding hydrogens is 815 g/mol. The van der Waals surface area contributed by atoms with Gasteiger partial charge >= 0.3 is 0 Å². The molecule has 0 fully saturated rings. The maximum Gasteiger partial charge on any atom is 0.249 e. The van der Waals surface area contributed by atoms with E-state index >= 15 is 0 Å². The minimum absolute atomic E-state index is 0.366. The number of allylic oxidation sites excluding steroid dienone is 4. The van der Waals surface area contributed by atoms with Gasteiger partial charge in [0.2, 0.25) is 5.91 Å². The molecule has 0 aromatic rings. The Hall–Kier alpha value is -1.21. The molecule has 0 heterocycles. The van der Waals surface area contributed by atoms with E-state index in [1.54, 1.807) is 0 Å². The molecule has 4 atom stereocenters. The maximum absolute atomic E-state index is 12.6.